The van der Waals surface area contributed by atoms with Gasteiger partial charge in [0.15, 0.2) is 6.61 Å². The topological polar surface area (TPSA) is 88.8 Å². The molecule has 0 unspecified atom stereocenters. The number of carbonyl (C=O) groups is 2. The van der Waals surface area contributed by atoms with Gasteiger partial charge in [0.1, 0.15) is 5.75 Å². The summed E-state index contributed by atoms with van der Waals surface area (Å²) in [6, 6.07) is 13.4. The Labute approximate surface area is 179 Å². The lowest BCUT2D eigenvalue weighted by molar-refractivity contribution is -0.121. The van der Waals surface area contributed by atoms with Crippen LogP contribution < -0.4 is 14.5 Å². The zero-order chi connectivity index (χ0) is 21.5. The first-order chi connectivity index (χ1) is 15.0. The molecule has 0 N–H and O–H groups in total. The summed E-state index contributed by atoms with van der Waals surface area (Å²) in [5.41, 5.74) is 3.44. The van der Waals surface area contributed by atoms with Crippen LogP contribution in [-0.2, 0) is 9.59 Å². The van der Waals surface area contributed by atoms with Gasteiger partial charge in [0, 0.05) is 30.8 Å². The van der Waals surface area contributed by atoms with Crippen molar-refractivity contribution in [2.45, 2.75) is 26.2 Å². The zero-order valence-electron chi connectivity index (χ0n) is 17.4. The van der Waals surface area contributed by atoms with Gasteiger partial charge in [-0.25, -0.2) is 0 Å². The van der Waals surface area contributed by atoms with Crippen LogP contribution in [0.25, 0.3) is 11.4 Å². The van der Waals surface area contributed by atoms with Crippen LogP contribution in [0.2, 0.25) is 0 Å². The lowest BCUT2D eigenvalue weighted by Crippen LogP contribution is -2.38. The normalized spacial score (nSPS) is 18.3. The number of benzene rings is 2. The summed E-state index contributed by atoms with van der Waals surface area (Å²) in [5.74, 6) is 1.32. The van der Waals surface area contributed by atoms with Crippen molar-refractivity contribution in [1.82, 2.24) is 10.1 Å². The molecular formula is C23H22N4O4. The van der Waals surface area contributed by atoms with E-state index in [1.165, 1.54) is 0 Å². The van der Waals surface area contributed by atoms with E-state index in [4.69, 9.17) is 9.26 Å². The Morgan fingerprint density at radius 3 is 2.68 bits per heavy atom. The molecule has 1 saturated heterocycles. The fraction of sp³-hybridized carbons (Fsp3) is 0.304. The number of nitrogens with zero attached hydrogens (tertiary/aromatic N) is 4. The Kier molecular flexibility index (Phi) is 4.69. The van der Waals surface area contributed by atoms with Crippen molar-refractivity contribution in [3.05, 3.63) is 53.9 Å². The summed E-state index contributed by atoms with van der Waals surface area (Å²) >= 11 is 0. The van der Waals surface area contributed by atoms with Gasteiger partial charge in [0.25, 0.3) is 5.91 Å². The van der Waals surface area contributed by atoms with Crippen LogP contribution in [-0.4, -0.2) is 41.7 Å². The number of amides is 2. The van der Waals surface area contributed by atoms with Crippen molar-refractivity contribution >= 4 is 23.2 Å². The molecule has 31 heavy (non-hydrogen) atoms. The van der Waals surface area contributed by atoms with E-state index < -0.39 is 0 Å². The summed E-state index contributed by atoms with van der Waals surface area (Å²) in [6.45, 7) is 5.03. The summed E-state index contributed by atoms with van der Waals surface area (Å²) < 4.78 is 11.0. The summed E-state index contributed by atoms with van der Waals surface area (Å²) in [4.78, 5) is 32.7. The second-order valence-electron chi connectivity index (χ2n) is 7.81. The van der Waals surface area contributed by atoms with Crippen molar-refractivity contribution in [2.24, 2.45) is 0 Å². The van der Waals surface area contributed by atoms with Gasteiger partial charge in [-0.1, -0.05) is 22.9 Å². The first kappa shape index (κ1) is 19.3. The molecule has 0 spiro atoms. The minimum absolute atomic E-state index is 0.0385. The van der Waals surface area contributed by atoms with Crippen LogP contribution in [0.4, 0.5) is 11.4 Å². The Morgan fingerprint density at radius 2 is 1.90 bits per heavy atom. The molecule has 2 aromatic carbocycles. The highest BCUT2D eigenvalue weighted by Crippen LogP contribution is 2.36. The molecular weight excluding hydrogens is 396 g/mol. The second-order valence-corrected chi connectivity index (χ2v) is 7.81. The van der Waals surface area contributed by atoms with E-state index in [1.807, 2.05) is 56.3 Å². The van der Waals surface area contributed by atoms with E-state index in [2.05, 4.69) is 10.1 Å². The zero-order valence-corrected chi connectivity index (χ0v) is 17.4. The number of anilines is 2. The van der Waals surface area contributed by atoms with E-state index in [9.17, 15) is 9.59 Å². The SMILES string of the molecule is CCN1C(=O)COc2ccc(-c3noc([C@H]4CC(=O)N(c5ccc(C)cc5)C4)n3)cc21. The van der Waals surface area contributed by atoms with Gasteiger partial charge in [0.05, 0.1) is 11.6 Å². The Morgan fingerprint density at radius 1 is 1.10 bits per heavy atom. The van der Waals surface area contributed by atoms with E-state index >= 15 is 0 Å². The molecule has 1 aromatic heterocycles. The number of likely N-dealkylation sites (N-methyl/N-ethyl adjacent to an activating group) is 1. The van der Waals surface area contributed by atoms with E-state index in [0.717, 1.165) is 16.8 Å². The van der Waals surface area contributed by atoms with Crippen LogP contribution >= 0.6 is 0 Å². The lowest BCUT2D eigenvalue weighted by Gasteiger charge is -2.28. The number of aromatic nitrogens is 2. The highest BCUT2D eigenvalue weighted by Gasteiger charge is 2.35. The van der Waals surface area contributed by atoms with E-state index in [0.29, 0.717) is 42.7 Å². The second kappa shape index (κ2) is 7.54. The van der Waals surface area contributed by atoms with Gasteiger partial charge < -0.3 is 19.1 Å². The quantitative estimate of drug-likeness (QED) is 0.646. The molecule has 2 aliphatic heterocycles. The molecule has 0 radical (unpaired) electrons. The fourth-order valence-corrected chi connectivity index (χ4v) is 4.05. The number of hydrogen-bond donors (Lipinski definition) is 0. The minimum atomic E-state index is -0.162. The van der Waals surface area contributed by atoms with Crippen LogP contribution in [0, 0.1) is 6.92 Å². The van der Waals surface area contributed by atoms with E-state index in [1.54, 1.807) is 9.80 Å². The predicted molar refractivity (Wildman–Crippen MR) is 114 cm³/mol. The molecule has 2 amide bonds. The van der Waals surface area contributed by atoms with Crippen LogP contribution in [0.1, 0.15) is 30.7 Å². The highest BCUT2D eigenvalue weighted by atomic mass is 16.5. The van der Waals surface area contributed by atoms with Crippen LogP contribution in [0.3, 0.4) is 0 Å². The number of fused-ring (bicyclic) bond motifs is 1. The van der Waals surface area contributed by atoms with Crippen LogP contribution in [0.15, 0.2) is 47.0 Å². The van der Waals surface area contributed by atoms with Gasteiger partial charge in [-0.3, -0.25) is 9.59 Å². The van der Waals surface area contributed by atoms with Crippen molar-refractivity contribution in [3.63, 3.8) is 0 Å². The van der Waals surface area contributed by atoms with Crippen molar-refractivity contribution < 1.29 is 18.8 Å². The van der Waals surface area contributed by atoms with Gasteiger partial charge in [-0.05, 0) is 44.2 Å². The number of ether oxygens (including phenoxy) is 1. The first-order valence-corrected chi connectivity index (χ1v) is 10.3. The Balaban J connectivity index is 1.38. The third kappa shape index (κ3) is 3.43. The molecule has 8 nitrogen and oxygen atoms in total. The van der Waals surface area contributed by atoms with Gasteiger partial charge in [-0.15, -0.1) is 0 Å². The molecule has 3 aromatic rings. The standard InChI is InChI=1S/C23H22N4O4/c1-3-26-18-10-15(6-9-19(18)30-13-21(26)29)22-24-23(31-25-22)16-11-20(28)27(12-16)17-7-4-14(2)5-8-17/h4-10,16H,3,11-13H2,1-2H3/t16-/m0/s1. The maximum atomic E-state index is 12.6. The monoisotopic (exact) mass is 418 g/mol. The highest BCUT2D eigenvalue weighted by molar-refractivity contribution is 5.98. The predicted octanol–water partition coefficient (Wildman–Crippen LogP) is 3.31. The van der Waals surface area contributed by atoms with Crippen molar-refractivity contribution in [2.75, 3.05) is 29.5 Å². The van der Waals surface area contributed by atoms with Gasteiger partial charge in [0.2, 0.25) is 17.6 Å². The maximum absolute atomic E-state index is 12.6. The molecule has 2 aliphatic rings. The number of rotatable bonds is 4. The molecule has 3 heterocycles. The average Bonchev–Trinajstić information content (AvgIpc) is 3.41. The fourth-order valence-electron chi connectivity index (χ4n) is 4.05. The Bertz CT molecular complexity index is 1150. The smallest absolute Gasteiger partial charge is 0.265 e. The average molecular weight is 418 g/mol. The third-order valence-corrected chi connectivity index (χ3v) is 5.74. The van der Waals surface area contributed by atoms with Crippen molar-refractivity contribution in [1.29, 1.82) is 0 Å². The molecule has 1 fully saturated rings. The number of hydrogen-bond acceptors (Lipinski definition) is 6. The molecule has 5 rings (SSSR count). The summed E-state index contributed by atoms with van der Waals surface area (Å²) in [6.07, 6.45) is 0.325. The maximum Gasteiger partial charge on any atom is 0.265 e. The van der Waals surface area contributed by atoms with Gasteiger partial charge >= 0.3 is 0 Å². The van der Waals surface area contributed by atoms with Gasteiger partial charge in [-0.2, -0.15) is 4.98 Å². The third-order valence-electron chi connectivity index (χ3n) is 5.74. The molecule has 8 heteroatoms. The molecule has 0 saturated carbocycles. The van der Waals surface area contributed by atoms with E-state index in [-0.39, 0.29) is 24.3 Å². The van der Waals surface area contributed by atoms with Crippen LogP contribution in [0.5, 0.6) is 5.75 Å². The summed E-state index contributed by atoms with van der Waals surface area (Å²) in [7, 11) is 0. The first-order valence-electron chi connectivity index (χ1n) is 10.3. The lowest BCUT2D eigenvalue weighted by atomic mass is 10.1. The minimum Gasteiger partial charge on any atom is -0.482 e. The molecule has 1 atom stereocenters. The molecule has 0 bridgehead atoms. The number of aryl methyl sites for hydroxylation is 1. The largest absolute Gasteiger partial charge is 0.482 e. The summed E-state index contributed by atoms with van der Waals surface area (Å²) in [5, 5.41) is 4.12. The molecule has 0 aliphatic carbocycles. The molecule has 158 valence electrons. The Hall–Kier alpha value is -3.68. The number of carbonyl (C=O) groups excluding carboxylic acids is 2. The van der Waals surface area contributed by atoms with Crippen molar-refractivity contribution in [3.8, 4) is 17.1 Å².